The largest absolute Gasteiger partial charge is 0.298 e. The zero-order valence-corrected chi connectivity index (χ0v) is 19.9. The summed E-state index contributed by atoms with van der Waals surface area (Å²) >= 11 is 1.34. The molecule has 2 aromatic heterocycles. The van der Waals surface area contributed by atoms with Crippen LogP contribution in [0.2, 0.25) is 0 Å². The number of hydrogen-bond donors (Lipinski definition) is 1. The zero-order valence-electron chi connectivity index (χ0n) is 18.3. The minimum absolute atomic E-state index is 0.199. The van der Waals surface area contributed by atoms with Gasteiger partial charge < -0.3 is 0 Å². The van der Waals surface area contributed by atoms with Crippen molar-refractivity contribution in [1.29, 1.82) is 0 Å². The molecule has 0 atom stereocenters. The third-order valence-corrected chi connectivity index (χ3v) is 8.40. The van der Waals surface area contributed by atoms with Gasteiger partial charge in [-0.05, 0) is 48.2 Å². The summed E-state index contributed by atoms with van der Waals surface area (Å²) in [5.74, 6) is 0.434. The predicted molar refractivity (Wildman–Crippen MR) is 133 cm³/mol. The number of pyridine rings is 1. The fourth-order valence-corrected chi connectivity index (χ4v) is 6.15. The Bertz CT molecular complexity index is 1200. The van der Waals surface area contributed by atoms with E-state index in [0.717, 1.165) is 36.1 Å². The molecule has 3 aromatic rings. The van der Waals surface area contributed by atoms with Crippen LogP contribution in [-0.4, -0.2) is 30.0 Å². The summed E-state index contributed by atoms with van der Waals surface area (Å²) in [6.45, 7) is 0. The molecule has 172 valence electrons. The first kappa shape index (κ1) is 23.3. The highest BCUT2D eigenvalue weighted by atomic mass is 32.2. The number of amides is 1. The summed E-state index contributed by atoms with van der Waals surface area (Å²) < 4.78 is 25.3. The highest BCUT2D eigenvalue weighted by Gasteiger charge is 2.19. The molecule has 2 heterocycles. The molecule has 6 nitrogen and oxygen atoms in total. The number of rotatable bonds is 8. The fraction of sp³-hybridized carbons (Fsp3) is 0.320. The van der Waals surface area contributed by atoms with E-state index in [2.05, 4.69) is 15.3 Å². The van der Waals surface area contributed by atoms with Crippen LogP contribution in [0.4, 0.5) is 5.13 Å². The smallest absolute Gasteiger partial charge is 0.250 e. The molecule has 1 aromatic carbocycles. The molecule has 1 saturated carbocycles. The Labute approximate surface area is 198 Å². The summed E-state index contributed by atoms with van der Waals surface area (Å²) in [6.07, 6.45) is 13.2. The van der Waals surface area contributed by atoms with Crippen molar-refractivity contribution in [2.75, 3.05) is 11.1 Å². The van der Waals surface area contributed by atoms with Gasteiger partial charge in [-0.15, -0.1) is 11.3 Å². The van der Waals surface area contributed by atoms with Crippen LogP contribution < -0.4 is 5.32 Å². The third kappa shape index (κ3) is 6.58. The predicted octanol–water partition coefficient (Wildman–Crippen LogP) is 5.60. The Morgan fingerprint density at radius 2 is 1.91 bits per heavy atom. The summed E-state index contributed by atoms with van der Waals surface area (Å²) in [5.41, 5.74) is 2.40. The van der Waals surface area contributed by atoms with Crippen molar-refractivity contribution in [2.24, 2.45) is 5.92 Å². The second kappa shape index (κ2) is 10.9. The second-order valence-electron chi connectivity index (χ2n) is 8.28. The first-order valence-electron chi connectivity index (χ1n) is 11.2. The average molecular weight is 482 g/mol. The molecule has 1 fully saturated rings. The van der Waals surface area contributed by atoms with E-state index in [9.17, 15) is 13.2 Å². The number of nitrogens with one attached hydrogen (secondary N) is 1. The summed E-state index contributed by atoms with van der Waals surface area (Å²) in [7, 11) is -3.28. The molecule has 1 amide bonds. The van der Waals surface area contributed by atoms with E-state index in [-0.39, 0.29) is 11.7 Å². The second-order valence-corrected chi connectivity index (χ2v) is 11.3. The highest BCUT2D eigenvalue weighted by Crippen LogP contribution is 2.28. The Balaban J connectivity index is 1.31. The Morgan fingerprint density at radius 3 is 2.64 bits per heavy atom. The molecule has 0 bridgehead atoms. The molecule has 0 unspecified atom stereocenters. The molecule has 1 N–H and O–H groups in total. The van der Waals surface area contributed by atoms with E-state index in [0.29, 0.717) is 15.9 Å². The Hall–Kier alpha value is -2.84. The van der Waals surface area contributed by atoms with Gasteiger partial charge in [0.15, 0.2) is 15.0 Å². The van der Waals surface area contributed by atoms with Crippen molar-refractivity contribution in [3.05, 3.63) is 65.8 Å². The number of benzene rings is 1. The highest BCUT2D eigenvalue weighted by molar-refractivity contribution is 7.91. The minimum Gasteiger partial charge on any atom is -0.298 e. The monoisotopic (exact) mass is 481 g/mol. The number of carbonyl (C=O) groups is 1. The van der Waals surface area contributed by atoms with Crippen molar-refractivity contribution in [1.82, 2.24) is 9.97 Å². The number of carbonyl (C=O) groups excluding carboxylic acids is 1. The maximum Gasteiger partial charge on any atom is 0.250 e. The van der Waals surface area contributed by atoms with Gasteiger partial charge in [-0.1, -0.05) is 44.2 Å². The average Bonchev–Trinajstić information content (AvgIpc) is 3.31. The summed E-state index contributed by atoms with van der Waals surface area (Å²) in [5, 5.41) is 5.12. The van der Waals surface area contributed by atoms with Gasteiger partial charge in [-0.3, -0.25) is 15.1 Å². The number of nitrogens with zero attached hydrogens (tertiary/aromatic N) is 2. The molecule has 1 aliphatic rings. The first-order valence-corrected chi connectivity index (χ1v) is 13.7. The van der Waals surface area contributed by atoms with Crippen LogP contribution in [0.5, 0.6) is 0 Å². The molecule has 33 heavy (non-hydrogen) atoms. The first-order chi connectivity index (χ1) is 16.0. The maximum absolute atomic E-state index is 12.7. The quantitative estimate of drug-likeness (QED) is 0.423. The van der Waals surface area contributed by atoms with Crippen molar-refractivity contribution >= 4 is 38.3 Å². The molecule has 4 rings (SSSR count). The van der Waals surface area contributed by atoms with Crippen molar-refractivity contribution < 1.29 is 13.2 Å². The summed E-state index contributed by atoms with van der Waals surface area (Å²) in [6, 6.07) is 10.4. The number of anilines is 1. The minimum atomic E-state index is -3.28. The fourth-order valence-electron chi connectivity index (χ4n) is 4.00. The van der Waals surface area contributed by atoms with Crippen molar-refractivity contribution in [2.45, 2.75) is 43.4 Å². The number of aromatic nitrogens is 2. The number of sulfone groups is 1. The van der Waals surface area contributed by atoms with Crippen molar-refractivity contribution in [3.63, 3.8) is 0 Å². The molecule has 8 heteroatoms. The Morgan fingerprint density at radius 1 is 1.12 bits per heavy atom. The van der Waals surface area contributed by atoms with Gasteiger partial charge in [0.05, 0.1) is 16.3 Å². The normalized spacial score (nSPS) is 15.0. The van der Waals surface area contributed by atoms with Crippen LogP contribution in [0.1, 0.15) is 44.1 Å². The van der Waals surface area contributed by atoms with Gasteiger partial charge in [-0.25, -0.2) is 13.4 Å². The standard InChI is InChI=1S/C25H27N3O3S2/c29-24(28-25-27-23(18-32-25)21-7-4-15-26-17-21)13-10-20-8-11-22(12-9-20)33(30,31)16-14-19-5-2-1-3-6-19/h4,7-13,15,17-19H,1-3,5-6,14,16H2,(H,27,28,29). The lowest BCUT2D eigenvalue weighted by Crippen LogP contribution is -2.14. The lowest BCUT2D eigenvalue weighted by molar-refractivity contribution is -0.111. The van der Waals surface area contributed by atoms with Gasteiger partial charge in [-0.2, -0.15) is 0 Å². The van der Waals surface area contributed by atoms with Gasteiger partial charge in [0.25, 0.3) is 0 Å². The van der Waals surface area contributed by atoms with Crippen LogP contribution in [-0.2, 0) is 14.6 Å². The molecule has 1 aliphatic carbocycles. The van der Waals surface area contributed by atoms with E-state index in [1.807, 2.05) is 17.5 Å². The van der Waals surface area contributed by atoms with E-state index >= 15 is 0 Å². The molecular weight excluding hydrogens is 454 g/mol. The van der Waals surface area contributed by atoms with E-state index in [1.165, 1.54) is 36.7 Å². The Kier molecular flexibility index (Phi) is 7.67. The van der Waals surface area contributed by atoms with Gasteiger partial charge >= 0.3 is 0 Å². The van der Waals surface area contributed by atoms with Crippen LogP contribution in [0.3, 0.4) is 0 Å². The number of hydrogen-bond acceptors (Lipinski definition) is 6. The van der Waals surface area contributed by atoms with E-state index in [4.69, 9.17) is 0 Å². The maximum atomic E-state index is 12.7. The number of thiazole rings is 1. The van der Waals surface area contributed by atoms with E-state index in [1.54, 1.807) is 42.7 Å². The van der Waals surface area contributed by atoms with Crippen molar-refractivity contribution in [3.8, 4) is 11.3 Å². The molecular formula is C25H27N3O3S2. The van der Waals surface area contributed by atoms with Crippen LogP contribution in [0.15, 0.2) is 65.1 Å². The SMILES string of the molecule is O=C(C=Cc1ccc(S(=O)(=O)CCC2CCCCC2)cc1)Nc1nc(-c2cccnc2)cs1. The third-order valence-electron chi connectivity index (χ3n) is 5.88. The van der Waals surface area contributed by atoms with Crippen LogP contribution >= 0.6 is 11.3 Å². The van der Waals surface area contributed by atoms with E-state index < -0.39 is 9.84 Å². The van der Waals surface area contributed by atoms with Gasteiger partial charge in [0, 0.05) is 29.4 Å². The zero-order chi connectivity index (χ0) is 23.1. The topological polar surface area (TPSA) is 89.0 Å². The lowest BCUT2D eigenvalue weighted by Gasteiger charge is -2.21. The van der Waals surface area contributed by atoms with Crippen LogP contribution in [0.25, 0.3) is 17.3 Å². The lowest BCUT2D eigenvalue weighted by atomic mass is 9.88. The molecule has 0 aliphatic heterocycles. The molecule has 0 saturated heterocycles. The van der Waals surface area contributed by atoms with Gasteiger partial charge in [0.1, 0.15) is 0 Å². The summed E-state index contributed by atoms with van der Waals surface area (Å²) in [4.78, 5) is 21.1. The van der Waals surface area contributed by atoms with Gasteiger partial charge in [0.2, 0.25) is 5.91 Å². The molecule has 0 radical (unpaired) electrons. The van der Waals surface area contributed by atoms with Crippen LogP contribution in [0, 0.1) is 5.92 Å². The molecule has 0 spiro atoms.